The minimum Gasteiger partial charge on any atom is -0.326 e. The number of carbonyl (C=O) groups excluding carboxylic acids is 1. The van der Waals surface area contributed by atoms with Crippen molar-refractivity contribution >= 4 is 46.7 Å². The summed E-state index contributed by atoms with van der Waals surface area (Å²) in [5.41, 5.74) is 2.74. The number of hydrogen-bond acceptors (Lipinski definition) is 3. The van der Waals surface area contributed by atoms with E-state index in [0.29, 0.717) is 17.1 Å². The molecule has 2 nitrogen and oxygen atoms in total. The molecule has 0 heterocycles. The zero-order valence-electron chi connectivity index (χ0n) is 18.5. The molecule has 6 heteroatoms. The van der Waals surface area contributed by atoms with Gasteiger partial charge in [0.15, 0.2) is 0 Å². The molecule has 33 heavy (non-hydrogen) atoms. The van der Waals surface area contributed by atoms with E-state index in [9.17, 15) is 9.18 Å². The van der Waals surface area contributed by atoms with E-state index in [1.54, 1.807) is 23.5 Å². The van der Waals surface area contributed by atoms with Gasteiger partial charge in [0.25, 0.3) is 0 Å². The van der Waals surface area contributed by atoms with Crippen LogP contribution in [0, 0.1) is 11.7 Å². The van der Waals surface area contributed by atoms with E-state index < -0.39 is 0 Å². The standard InChI is InChI=1S/C27H27ClFNOS2/c1-2-32-22-10-5-19(6-11-22)16-27(31)30-21-9-14-24(25(28)17-21)26(15-18-3-4-18)33-23-12-7-20(29)8-13-23/h5-14,17-18,26H,2-4,15-16H2,1H3,(H,30,31). The van der Waals surface area contributed by atoms with Crippen LogP contribution >= 0.6 is 35.1 Å². The second-order valence-corrected chi connectivity index (χ2v) is 11.3. The predicted octanol–water partition coefficient (Wildman–Crippen LogP) is 8.41. The summed E-state index contributed by atoms with van der Waals surface area (Å²) >= 11 is 10.2. The molecular weight excluding hydrogens is 473 g/mol. The number of hydrogen-bond donors (Lipinski definition) is 1. The van der Waals surface area contributed by atoms with E-state index in [4.69, 9.17) is 11.6 Å². The van der Waals surface area contributed by atoms with Gasteiger partial charge in [0, 0.05) is 25.8 Å². The summed E-state index contributed by atoms with van der Waals surface area (Å²) in [6.45, 7) is 2.12. The van der Waals surface area contributed by atoms with Crippen LogP contribution in [-0.4, -0.2) is 11.7 Å². The Kier molecular flexibility index (Phi) is 8.39. The number of halogens is 2. The fourth-order valence-electron chi connectivity index (χ4n) is 3.70. The Morgan fingerprint density at radius 3 is 2.39 bits per heavy atom. The van der Waals surface area contributed by atoms with E-state index in [2.05, 4.69) is 24.4 Å². The molecule has 1 fully saturated rings. The molecular formula is C27H27ClFNOS2. The number of thioether (sulfide) groups is 2. The highest BCUT2D eigenvalue weighted by molar-refractivity contribution is 7.99. The van der Waals surface area contributed by atoms with Crippen molar-refractivity contribution < 1.29 is 9.18 Å². The Balaban J connectivity index is 1.41. The topological polar surface area (TPSA) is 29.1 Å². The van der Waals surface area contributed by atoms with Gasteiger partial charge in [-0.1, -0.05) is 49.6 Å². The maximum atomic E-state index is 13.3. The van der Waals surface area contributed by atoms with Gasteiger partial charge in [0.2, 0.25) is 5.91 Å². The summed E-state index contributed by atoms with van der Waals surface area (Å²) in [5, 5.41) is 3.81. The fourth-order valence-corrected chi connectivity index (χ4v) is 6.06. The Bertz CT molecular complexity index is 1080. The number of rotatable bonds is 10. The average Bonchev–Trinajstić information content (AvgIpc) is 3.61. The lowest BCUT2D eigenvalue weighted by Gasteiger charge is -2.19. The summed E-state index contributed by atoms with van der Waals surface area (Å²) in [4.78, 5) is 14.8. The number of benzene rings is 3. The molecule has 1 unspecified atom stereocenters. The van der Waals surface area contributed by atoms with Gasteiger partial charge in [0.1, 0.15) is 5.82 Å². The Morgan fingerprint density at radius 2 is 1.76 bits per heavy atom. The molecule has 1 aliphatic rings. The molecule has 1 aliphatic carbocycles. The molecule has 0 aromatic heterocycles. The summed E-state index contributed by atoms with van der Waals surface area (Å²) < 4.78 is 13.3. The van der Waals surface area contributed by atoms with Crippen LogP contribution < -0.4 is 5.32 Å². The minimum absolute atomic E-state index is 0.0649. The second-order valence-electron chi connectivity index (χ2n) is 8.28. The van der Waals surface area contributed by atoms with Gasteiger partial charge in [-0.25, -0.2) is 4.39 Å². The maximum Gasteiger partial charge on any atom is 0.228 e. The first-order chi connectivity index (χ1) is 16.0. The SMILES string of the molecule is CCSc1ccc(CC(=O)Nc2ccc(C(CC3CC3)Sc3ccc(F)cc3)c(Cl)c2)cc1. The first-order valence-corrected chi connectivity index (χ1v) is 13.5. The highest BCUT2D eigenvalue weighted by Crippen LogP contribution is 2.48. The van der Waals surface area contributed by atoms with E-state index >= 15 is 0 Å². The summed E-state index contributed by atoms with van der Waals surface area (Å²) in [5.74, 6) is 1.46. The number of anilines is 1. The Hall–Kier alpha value is -1.95. The number of carbonyl (C=O) groups is 1. The van der Waals surface area contributed by atoms with Crippen molar-refractivity contribution in [3.63, 3.8) is 0 Å². The molecule has 1 amide bonds. The quantitative estimate of drug-likeness (QED) is 0.284. The van der Waals surface area contributed by atoms with Gasteiger partial charge in [-0.2, -0.15) is 0 Å². The summed E-state index contributed by atoms with van der Waals surface area (Å²) in [6, 6.07) is 20.5. The fraction of sp³-hybridized carbons (Fsp3) is 0.296. The van der Waals surface area contributed by atoms with Crippen LogP contribution in [0.25, 0.3) is 0 Å². The van der Waals surface area contributed by atoms with Gasteiger partial charge in [-0.15, -0.1) is 23.5 Å². The van der Waals surface area contributed by atoms with E-state index in [1.807, 2.05) is 42.5 Å². The van der Waals surface area contributed by atoms with E-state index in [-0.39, 0.29) is 17.0 Å². The molecule has 1 N–H and O–H groups in total. The smallest absolute Gasteiger partial charge is 0.228 e. The van der Waals surface area contributed by atoms with Crippen molar-refractivity contribution in [2.45, 2.75) is 47.6 Å². The van der Waals surface area contributed by atoms with Crippen LogP contribution in [0.15, 0.2) is 76.5 Å². The monoisotopic (exact) mass is 499 g/mol. The molecule has 0 radical (unpaired) electrons. The van der Waals surface area contributed by atoms with Crippen molar-refractivity contribution in [2.24, 2.45) is 5.92 Å². The largest absolute Gasteiger partial charge is 0.326 e. The van der Waals surface area contributed by atoms with Crippen LogP contribution in [0.5, 0.6) is 0 Å². The summed E-state index contributed by atoms with van der Waals surface area (Å²) in [6.07, 6.45) is 3.87. The van der Waals surface area contributed by atoms with Gasteiger partial charge < -0.3 is 5.32 Å². The number of nitrogens with one attached hydrogen (secondary N) is 1. The zero-order valence-corrected chi connectivity index (χ0v) is 20.9. The van der Waals surface area contributed by atoms with Crippen molar-refractivity contribution in [3.05, 3.63) is 88.7 Å². The highest BCUT2D eigenvalue weighted by Gasteiger charge is 2.28. The maximum absolute atomic E-state index is 13.3. The normalized spacial score (nSPS) is 14.2. The molecule has 0 aliphatic heterocycles. The van der Waals surface area contributed by atoms with Crippen LogP contribution in [0.2, 0.25) is 5.02 Å². The van der Waals surface area contributed by atoms with Crippen LogP contribution in [0.3, 0.4) is 0 Å². The molecule has 1 saturated carbocycles. The van der Waals surface area contributed by atoms with Gasteiger partial charge in [-0.05, 0) is 77.7 Å². The van der Waals surface area contributed by atoms with Gasteiger partial charge >= 0.3 is 0 Å². The van der Waals surface area contributed by atoms with Crippen molar-refractivity contribution in [1.29, 1.82) is 0 Å². The van der Waals surface area contributed by atoms with Crippen LogP contribution in [0.1, 0.15) is 42.6 Å². The lowest BCUT2D eigenvalue weighted by Crippen LogP contribution is -2.14. The van der Waals surface area contributed by atoms with Crippen molar-refractivity contribution in [1.82, 2.24) is 0 Å². The molecule has 0 saturated heterocycles. The van der Waals surface area contributed by atoms with E-state index in [1.165, 1.54) is 29.9 Å². The molecule has 3 aromatic carbocycles. The molecule has 1 atom stereocenters. The first-order valence-electron chi connectivity index (χ1n) is 11.2. The molecule has 4 rings (SSSR count). The van der Waals surface area contributed by atoms with Crippen LogP contribution in [0.4, 0.5) is 10.1 Å². The van der Waals surface area contributed by atoms with Crippen LogP contribution in [-0.2, 0) is 11.2 Å². The third-order valence-electron chi connectivity index (χ3n) is 5.57. The third-order valence-corrected chi connectivity index (χ3v) is 8.06. The minimum atomic E-state index is -0.230. The lowest BCUT2D eigenvalue weighted by molar-refractivity contribution is -0.115. The highest BCUT2D eigenvalue weighted by atomic mass is 35.5. The van der Waals surface area contributed by atoms with Crippen molar-refractivity contribution in [2.75, 3.05) is 11.1 Å². The molecule has 0 bridgehead atoms. The van der Waals surface area contributed by atoms with Gasteiger partial charge in [0.05, 0.1) is 6.42 Å². The average molecular weight is 500 g/mol. The Morgan fingerprint density at radius 1 is 1.06 bits per heavy atom. The first kappa shape index (κ1) is 24.2. The van der Waals surface area contributed by atoms with Gasteiger partial charge in [-0.3, -0.25) is 4.79 Å². The molecule has 172 valence electrons. The zero-order chi connectivity index (χ0) is 23.2. The van der Waals surface area contributed by atoms with E-state index in [0.717, 1.165) is 34.1 Å². The molecule has 0 spiro atoms. The Labute approximate surface area is 208 Å². The lowest BCUT2D eigenvalue weighted by atomic mass is 10.1. The predicted molar refractivity (Wildman–Crippen MR) is 139 cm³/mol. The second kappa shape index (κ2) is 11.5. The van der Waals surface area contributed by atoms with Crippen molar-refractivity contribution in [3.8, 4) is 0 Å². The third kappa shape index (κ3) is 7.26. The molecule has 3 aromatic rings. The number of amides is 1. The summed E-state index contributed by atoms with van der Waals surface area (Å²) in [7, 11) is 0.